The number of carbonyl (C=O) groups is 2. The summed E-state index contributed by atoms with van der Waals surface area (Å²) in [6.07, 6.45) is 1.61. The Hall–Kier alpha value is -2.83. The zero-order valence-corrected chi connectivity index (χ0v) is 14.9. The van der Waals surface area contributed by atoms with Gasteiger partial charge in [-0.05, 0) is 38.8 Å². The summed E-state index contributed by atoms with van der Waals surface area (Å²) in [4.78, 5) is 26.8. The molecule has 0 saturated carbocycles. The van der Waals surface area contributed by atoms with Gasteiger partial charge in [-0.15, -0.1) is 0 Å². The fraction of sp³-hybridized carbons (Fsp3) is 0.421. The van der Waals surface area contributed by atoms with Crippen LogP contribution in [0.25, 0.3) is 0 Å². The highest BCUT2D eigenvalue weighted by atomic mass is 16.5. The molecule has 26 heavy (non-hydrogen) atoms. The molecule has 1 aromatic carbocycles. The molecule has 7 heteroatoms. The Bertz CT molecular complexity index is 841. The molecule has 1 saturated heterocycles. The maximum Gasteiger partial charge on any atom is 0.247 e. The summed E-state index contributed by atoms with van der Waals surface area (Å²) < 4.78 is 5.14. The third kappa shape index (κ3) is 2.94. The molecule has 4 rings (SSSR count). The molecule has 2 N–H and O–H groups in total. The Morgan fingerprint density at radius 1 is 1.38 bits per heavy atom. The first kappa shape index (κ1) is 16.6. The van der Waals surface area contributed by atoms with Crippen molar-refractivity contribution in [2.24, 2.45) is 0 Å². The normalized spacial score (nSPS) is 21.2. The van der Waals surface area contributed by atoms with Gasteiger partial charge in [0.25, 0.3) is 0 Å². The van der Waals surface area contributed by atoms with Crippen LogP contribution in [-0.2, 0) is 16.0 Å². The summed E-state index contributed by atoms with van der Waals surface area (Å²) in [5.74, 6) is 0.751. The lowest BCUT2D eigenvalue weighted by Gasteiger charge is -2.32. The largest absolute Gasteiger partial charge is 0.361 e. The molecule has 136 valence electrons. The van der Waals surface area contributed by atoms with Gasteiger partial charge >= 0.3 is 0 Å². The molecule has 1 fully saturated rings. The van der Waals surface area contributed by atoms with E-state index in [0.717, 1.165) is 28.4 Å². The van der Waals surface area contributed by atoms with Crippen LogP contribution in [0, 0.1) is 13.8 Å². The summed E-state index contributed by atoms with van der Waals surface area (Å²) in [7, 11) is 0. The highest BCUT2D eigenvalue weighted by molar-refractivity contribution is 6.04. The van der Waals surface area contributed by atoms with E-state index in [1.54, 1.807) is 0 Å². The van der Waals surface area contributed by atoms with E-state index in [1.807, 2.05) is 38.1 Å². The highest BCUT2D eigenvalue weighted by Gasteiger charge is 2.41. The van der Waals surface area contributed by atoms with Crippen molar-refractivity contribution in [2.45, 2.75) is 45.2 Å². The quantitative estimate of drug-likeness (QED) is 0.876. The first-order valence-corrected chi connectivity index (χ1v) is 8.90. The Morgan fingerprint density at radius 2 is 2.19 bits per heavy atom. The minimum Gasteiger partial charge on any atom is -0.361 e. The zero-order valence-electron chi connectivity index (χ0n) is 14.9. The number of fused-ring (bicyclic) bond motifs is 3. The SMILES string of the molecule is Cc1noc(C)c1CCC(=O)NC1CC2C(=O)Nc3ccccc3N2C1. The smallest absolute Gasteiger partial charge is 0.247 e. The Kier molecular flexibility index (Phi) is 4.14. The number of hydrogen-bond donors (Lipinski definition) is 2. The van der Waals surface area contributed by atoms with Crippen LogP contribution in [0.4, 0.5) is 11.4 Å². The maximum absolute atomic E-state index is 12.4. The Labute approximate surface area is 151 Å². The van der Waals surface area contributed by atoms with E-state index in [1.165, 1.54) is 0 Å². The molecule has 0 aliphatic carbocycles. The lowest BCUT2D eigenvalue weighted by Crippen LogP contribution is -2.44. The van der Waals surface area contributed by atoms with Crippen LogP contribution < -0.4 is 15.5 Å². The van der Waals surface area contributed by atoms with Crippen LogP contribution in [-0.4, -0.2) is 35.6 Å². The van der Waals surface area contributed by atoms with E-state index in [4.69, 9.17) is 4.52 Å². The van der Waals surface area contributed by atoms with Gasteiger partial charge in [0.15, 0.2) is 0 Å². The molecule has 0 spiro atoms. The van der Waals surface area contributed by atoms with Crippen molar-refractivity contribution in [1.29, 1.82) is 0 Å². The van der Waals surface area contributed by atoms with Crippen molar-refractivity contribution in [2.75, 3.05) is 16.8 Å². The van der Waals surface area contributed by atoms with Crippen LogP contribution in [0.5, 0.6) is 0 Å². The monoisotopic (exact) mass is 354 g/mol. The maximum atomic E-state index is 12.4. The number of anilines is 2. The zero-order chi connectivity index (χ0) is 18.3. The van der Waals surface area contributed by atoms with Crippen LogP contribution in [0.15, 0.2) is 28.8 Å². The molecule has 2 aliphatic heterocycles. The summed E-state index contributed by atoms with van der Waals surface area (Å²) in [5.41, 5.74) is 3.68. The molecule has 7 nitrogen and oxygen atoms in total. The molecule has 2 unspecified atom stereocenters. The molecular formula is C19H22N4O3. The second kappa shape index (κ2) is 6.48. The molecule has 0 bridgehead atoms. The number of hydrogen-bond acceptors (Lipinski definition) is 5. The highest BCUT2D eigenvalue weighted by Crippen LogP contribution is 2.36. The standard InChI is InChI=1S/C19H22N4O3/c1-11-14(12(2)26-22-11)7-8-18(24)20-13-9-17-19(25)21-15-5-3-4-6-16(15)23(17)10-13/h3-6,13,17H,7-10H2,1-2H3,(H,20,24)(H,21,25). The number of rotatable bonds is 4. The van der Waals surface area contributed by atoms with Crippen molar-refractivity contribution < 1.29 is 14.1 Å². The predicted octanol–water partition coefficient (Wildman–Crippen LogP) is 1.94. The first-order chi connectivity index (χ1) is 12.5. The fourth-order valence-electron chi connectivity index (χ4n) is 3.90. The third-order valence-electron chi connectivity index (χ3n) is 5.22. The topological polar surface area (TPSA) is 87.5 Å². The van der Waals surface area contributed by atoms with Gasteiger partial charge in [-0.2, -0.15) is 0 Å². The van der Waals surface area contributed by atoms with Crippen molar-refractivity contribution >= 4 is 23.2 Å². The van der Waals surface area contributed by atoms with Gasteiger partial charge in [-0.3, -0.25) is 9.59 Å². The van der Waals surface area contributed by atoms with Crippen molar-refractivity contribution in [1.82, 2.24) is 10.5 Å². The number of benzene rings is 1. The van der Waals surface area contributed by atoms with Gasteiger partial charge in [-0.1, -0.05) is 17.3 Å². The molecule has 1 aromatic heterocycles. The van der Waals surface area contributed by atoms with Gasteiger partial charge in [-0.25, -0.2) is 0 Å². The van der Waals surface area contributed by atoms with E-state index >= 15 is 0 Å². The number of carbonyl (C=O) groups excluding carboxylic acids is 2. The average molecular weight is 354 g/mol. The molecule has 2 atom stereocenters. The predicted molar refractivity (Wildman–Crippen MR) is 97.1 cm³/mol. The molecule has 2 aliphatic rings. The lowest BCUT2D eigenvalue weighted by molar-refractivity contribution is -0.122. The number of nitrogens with zero attached hydrogens (tertiary/aromatic N) is 2. The number of para-hydroxylation sites is 2. The van der Waals surface area contributed by atoms with E-state index in [2.05, 4.69) is 20.7 Å². The molecule has 2 amide bonds. The van der Waals surface area contributed by atoms with Crippen molar-refractivity contribution in [3.05, 3.63) is 41.3 Å². The average Bonchev–Trinajstić information content (AvgIpc) is 3.17. The third-order valence-corrected chi connectivity index (χ3v) is 5.22. The Morgan fingerprint density at radius 3 is 2.96 bits per heavy atom. The lowest BCUT2D eigenvalue weighted by atomic mass is 10.1. The van der Waals surface area contributed by atoms with Gasteiger partial charge < -0.3 is 20.1 Å². The van der Waals surface area contributed by atoms with Gasteiger partial charge in [0.1, 0.15) is 11.8 Å². The molecule has 0 radical (unpaired) electrons. The van der Waals surface area contributed by atoms with Crippen molar-refractivity contribution in [3.8, 4) is 0 Å². The van der Waals surface area contributed by atoms with E-state index in [9.17, 15) is 9.59 Å². The van der Waals surface area contributed by atoms with Gasteiger partial charge in [0.05, 0.1) is 17.1 Å². The second-order valence-corrected chi connectivity index (χ2v) is 6.98. The number of nitrogens with one attached hydrogen (secondary N) is 2. The summed E-state index contributed by atoms with van der Waals surface area (Å²) in [6.45, 7) is 4.39. The van der Waals surface area contributed by atoms with Gasteiger partial charge in [0, 0.05) is 24.6 Å². The first-order valence-electron chi connectivity index (χ1n) is 8.90. The van der Waals surface area contributed by atoms with E-state index in [-0.39, 0.29) is 23.9 Å². The fourth-order valence-corrected chi connectivity index (χ4v) is 3.90. The van der Waals surface area contributed by atoms with Crippen LogP contribution >= 0.6 is 0 Å². The van der Waals surface area contributed by atoms with Crippen LogP contribution in [0.1, 0.15) is 29.9 Å². The minimum absolute atomic E-state index is 0.00355. The van der Waals surface area contributed by atoms with Crippen LogP contribution in [0.3, 0.4) is 0 Å². The summed E-state index contributed by atoms with van der Waals surface area (Å²) in [6, 6.07) is 7.52. The van der Waals surface area contributed by atoms with Crippen LogP contribution in [0.2, 0.25) is 0 Å². The van der Waals surface area contributed by atoms with Gasteiger partial charge in [0.2, 0.25) is 11.8 Å². The van der Waals surface area contributed by atoms with E-state index in [0.29, 0.717) is 25.8 Å². The van der Waals surface area contributed by atoms with Crippen molar-refractivity contribution in [3.63, 3.8) is 0 Å². The number of amides is 2. The minimum atomic E-state index is -0.224. The second-order valence-electron chi connectivity index (χ2n) is 6.98. The summed E-state index contributed by atoms with van der Waals surface area (Å²) >= 11 is 0. The molecule has 3 heterocycles. The number of aryl methyl sites for hydroxylation is 2. The van der Waals surface area contributed by atoms with E-state index < -0.39 is 0 Å². The Balaban J connectivity index is 1.38. The summed E-state index contributed by atoms with van der Waals surface area (Å²) in [5, 5.41) is 9.95. The molecule has 2 aromatic rings. The number of aromatic nitrogens is 1. The molecular weight excluding hydrogens is 332 g/mol.